The Morgan fingerprint density at radius 1 is 0.931 bits per heavy atom. The number of unbranched alkanes of at least 4 members (excludes halogenated alkanes) is 1. The van der Waals surface area contributed by atoms with Crippen molar-refractivity contribution in [2.45, 2.75) is 39.0 Å². The minimum absolute atomic E-state index is 0.126. The van der Waals surface area contributed by atoms with Gasteiger partial charge in [-0.2, -0.15) is 0 Å². The van der Waals surface area contributed by atoms with E-state index >= 15 is 0 Å². The molecule has 0 aromatic heterocycles. The molecule has 0 spiro atoms. The molecule has 0 fully saturated rings. The number of benzene rings is 2. The second-order valence-electron chi connectivity index (χ2n) is 6.60. The van der Waals surface area contributed by atoms with Gasteiger partial charge < -0.3 is 19.3 Å². The highest BCUT2D eigenvalue weighted by atomic mass is 16.5. The molecule has 0 amide bonds. The summed E-state index contributed by atoms with van der Waals surface area (Å²) in [5, 5.41) is 8.73. The zero-order valence-corrected chi connectivity index (χ0v) is 17.2. The van der Waals surface area contributed by atoms with E-state index in [-0.39, 0.29) is 12.2 Å². The molecule has 2 aromatic rings. The van der Waals surface area contributed by atoms with E-state index in [1.165, 1.54) is 7.11 Å². The Hall–Kier alpha value is -3.02. The molecule has 156 valence electrons. The summed E-state index contributed by atoms with van der Waals surface area (Å²) >= 11 is 0. The van der Waals surface area contributed by atoms with Crippen molar-refractivity contribution in [2.75, 3.05) is 20.8 Å². The van der Waals surface area contributed by atoms with Crippen molar-refractivity contribution in [1.29, 1.82) is 0 Å². The minimum Gasteiger partial charge on any atom is -0.496 e. The summed E-state index contributed by atoms with van der Waals surface area (Å²) in [6.07, 6.45) is 2.88. The highest BCUT2D eigenvalue weighted by Gasteiger charge is 2.22. The summed E-state index contributed by atoms with van der Waals surface area (Å²) in [6, 6.07) is 10.6. The Labute approximate surface area is 171 Å². The number of carboxylic acid groups (broad SMARTS) is 1. The monoisotopic (exact) mass is 400 g/mol. The molecule has 0 radical (unpaired) electrons. The lowest BCUT2D eigenvalue weighted by Crippen LogP contribution is -2.10. The number of aliphatic carboxylic acids is 1. The molecule has 0 heterocycles. The molecule has 29 heavy (non-hydrogen) atoms. The molecule has 2 rings (SSSR count). The molecule has 1 N–H and O–H groups in total. The van der Waals surface area contributed by atoms with Gasteiger partial charge in [-0.3, -0.25) is 9.59 Å². The number of methoxy groups -OCH3 is 2. The number of carbonyl (C=O) groups excluding carboxylic acids is 1. The molecular weight excluding hydrogens is 372 g/mol. The molecule has 0 aliphatic carbocycles. The molecule has 0 saturated heterocycles. The second-order valence-corrected chi connectivity index (χ2v) is 6.60. The van der Waals surface area contributed by atoms with Crippen LogP contribution in [-0.2, 0) is 11.2 Å². The molecule has 0 saturated carbocycles. The Bertz CT molecular complexity index is 843. The van der Waals surface area contributed by atoms with E-state index in [9.17, 15) is 9.59 Å². The largest absolute Gasteiger partial charge is 0.496 e. The first kappa shape index (κ1) is 22.3. The van der Waals surface area contributed by atoms with Gasteiger partial charge in [0.05, 0.1) is 32.0 Å². The Balaban J connectivity index is 2.31. The Morgan fingerprint density at radius 3 is 2.34 bits per heavy atom. The van der Waals surface area contributed by atoms with Gasteiger partial charge in [-0.15, -0.1) is 0 Å². The van der Waals surface area contributed by atoms with E-state index in [1.807, 2.05) is 13.0 Å². The molecule has 0 aliphatic rings. The lowest BCUT2D eigenvalue weighted by Gasteiger charge is -2.18. The predicted octanol–water partition coefficient (Wildman–Crippen LogP) is 4.52. The minimum atomic E-state index is -0.808. The summed E-state index contributed by atoms with van der Waals surface area (Å²) in [6.45, 7) is 2.46. The molecule has 6 nitrogen and oxygen atoms in total. The predicted molar refractivity (Wildman–Crippen MR) is 110 cm³/mol. The second kappa shape index (κ2) is 11.1. The Morgan fingerprint density at radius 2 is 1.69 bits per heavy atom. The molecule has 0 bridgehead atoms. The van der Waals surface area contributed by atoms with E-state index < -0.39 is 5.97 Å². The summed E-state index contributed by atoms with van der Waals surface area (Å²) in [4.78, 5) is 23.8. The van der Waals surface area contributed by atoms with E-state index in [4.69, 9.17) is 19.3 Å². The van der Waals surface area contributed by atoms with Crippen LogP contribution in [0.15, 0.2) is 36.4 Å². The lowest BCUT2D eigenvalue weighted by atomic mass is 9.96. The highest BCUT2D eigenvalue weighted by molar-refractivity contribution is 6.12. The number of rotatable bonds is 12. The molecule has 0 atom stereocenters. The van der Waals surface area contributed by atoms with Gasteiger partial charge in [0.1, 0.15) is 17.2 Å². The van der Waals surface area contributed by atoms with Gasteiger partial charge in [-0.1, -0.05) is 25.5 Å². The summed E-state index contributed by atoms with van der Waals surface area (Å²) in [5.74, 6) is 0.693. The van der Waals surface area contributed by atoms with Gasteiger partial charge in [0, 0.05) is 12.0 Å². The maximum absolute atomic E-state index is 13.2. The van der Waals surface area contributed by atoms with E-state index in [0.717, 1.165) is 12.0 Å². The quantitative estimate of drug-likeness (QED) is 0.417. The third-order valence-electron chi connectivity index (χ3n) is 4.56. The van der Waals surface area contributed by atoms with Crippen LogP contribution in [0.5, 0.6) is 17.2 Å². The van der Waals surface area contributed by atoms with Crippen molar-refractivity contribution in [3.63, 3.8) is 0 Å². The van der Waals surface area contributed by atoms with Gasteiger partial charge in [-0.25, -0.2) is 0 Å². The van der Waals surface area contributed by atoms with E-state index in [2.05, 4.69) is 0 Å². The smallest absolute Gasteiger partial charge is 0.303 e. The van der Waals surface area contributed by atoms with Crippen LogP contribution >= 0.6 is 0 Å². The fraction of sp³-hybridized carbons (Fsp3) is 0.391. The van der Waals surface area contributed by atoms with Crippen molar-refractivity contribution >= 4 is 11.8 Å². The van der Waals surface area contributed by atoms with Crippen molar-refractivity contribution in [3.8, 4) is 17.2 Å². The lowest BCUT2D eigenvalue weighted by molar-refractivity contribution is -0.137. The highest BCUT2D eigenvalue weighted by Crippen LogP contribution is 2.36. The standard InChI is InChI=1S/C23H28O6/c1-4-9-17-20(29-15-8-7-12-21(24)25)14-13-18(23(17)28-3)22(26)16-10-5-6-11-19(16)27-2/h5-6,10-11,13-14H,4,7-9,12,15H2,1-3H3,(H,24,25). The van der Waals surface area contributed by atoms with E-state index in [0.29, 0.717) is 54.2 Å². The summed E-state index contributed by atoms with van der Waals surface area (Å²) < 4.78 is 16.8. The Kier molecular flexibility index (Phi) is 8.52. The van der Waals surface area contributed by atoms with Crippen LogP contribution in [0.3, 0.4) is 0 Å². The number of carboxylic acids is 1. The number of hydrogen-bond acceptors (Lipinski definition) is 5. The number of hydrogen-bond donors (Lipinski definition) is 1. The molecule has 0 aliphatic heterocycles. The number of ether oxygens (including phenoxy) is 3. The first-order valence-electron chi connectivity index (χ1n) is 9.75. The van der Waals surface area contributed by atoms with Gasteiger partial charge in [0.15, 0.2) is 5.78 Å². The molecule has 0 unspecified atom stereocenters. The summed E-state index contributed by atoms with van der Waals surface area (Å²) in [7, 11) is 3.08. The molecule has 6 heteroatoms. The SMILES string of the molecule is CCCc1c(OCCCCC(=O)O)ccc(C(=O)c2ccccc2OC)c1OC. The fourth-order valence-corrected chi connectivity index (χ4v) is 3.18. The van der Waals surface area contributed by atoms with Gasteiger partial charge in [-0.05, 0) is 43.5 Å². The van der Waals surface area contributed by atoms with Crippen LogP contribution in [-0.4, -0.2) is 37.7 Å². The van der Waals surface area contributed by atoms with Crippen LogP contribution < -0.4 is 14.2 Å². The van der Waals surface area contributed by atoms with Crippen LogP contribution in [0.1, 0.15) is 54.1 Å². The van der Waals surface area contributed by atoms with Crippen LogP contribution in [0.2, 0.25) is 0 Å². The summed E-state index contributed by atoms with van der Waals surface area (Å²) in [5.41, 5.74) is 1.77. The molecule has 2 aromatic carbocycles. The maximum Gasteiger partial charge on any atom is 0.303 e. The number of carbonyl (C=O) groups is 2. The zero-order chi connectivity index (χ0) is 21.2. The van der Waals surface area contributed by atoms with Gasteiger partial charge in [0.2, 0.25) is 0 Å². The first-order valence-corrected chi connectivity index (χ1v) is 9.75. The van der Waals surface area contributed by atoms with Crippen LogP contribution in [0.4, 0.5) is 0 Å². The number of para-hydroxylation sites is 1. The van der Waals surface area contributed by atoms with Crippen molar-refractivity contribution < 1.29 is 28.9 Å². The van der Waals surface area contributed by atoms with Crippen LogP contribution in [0, 0.1) is 0 Å². The first-order chi connectivity index (χ1) is 14.0. The zero-order valence-electron chi connectivity index (χ0n) is 17.2. The fourth-order valence-electron chi connectivity index (χ4n) is 3.18. The third kappa shape index (κ3) is 5.73. The molecular formula is C23H28O6. The normalized spacial score (nSPS) is 10.4. The van der Waals surface area contributed by atoms with Crippen molar-refractivity contribution in [2.24, 2.45) is 0 Å². The average Bonchev–Trinajstić information content (AvgIpc) is 2.73. The topological polar surface area (TPSA) is 82.1 Å². The van der Waals surface area contributed by atoms with Crippen molar-refractivity contribution in [1.82, 2.24) is 0 Å². The maximum atomic E-state index is 13.2. The van der Waals surface area contributed by atoms with E-state index in [1.54, 1.807) is 37.4 Å². The van der Waals surface area contributed by atoms with Gasteiger partial charge in [0.25, 0.3) is 0 Å². The van der Waals surface area contributed by atoms with Crippen LogP contribution in [0.25, 0.3) is 0 Å². The van der Waals surface area contributed by atoms with Gasteiger partial charge >= 0.3 is 5.97 Å². The average molecular weight is 400 g/mol. The third-order valence-corrected chi connectivity index (χ3v) is 4.56. The van der Waals surface area contributed by atoms with Crippen molar-refractivity contribution in [3.05, 3.63) is 53.1 Å². The number of ketones is 1.